The maximum atomic E-state index is 10.9. The lowest BCUT2D eigenvalue weighted by molar-refractivity contribution is -0.384. The number of rotatable bonds is 6. The average Bonchev–Trinajstić information content (AvgIpc) is 2.80. The zero-order valence-electron chi connectivity index (χ0n) is 11.3. The highest BCUT2D eigenvalue weighted by Crippen LogP contribution is 2.15. The average molecular weight is 290 g/mol. The van der Waals surface area contributed by atoms with E-state index in [-0.39, 0.29) is 11.3 Å². The summed E-state index contributed by atoms with van der Waals surface area (Å²) < 4.78 is 5.33. The highest BCUT2D eigenvalue weighted by molar-refractivity contribution is 5.88. The maximum Gasteiger partial charge on any atom is 0.339 e. The Morgan fingerprint density at radius 1 is 1.33 bits per heavy atom. The van der Waals surface area contributed by atoms with E-state index in [2.05, 4.69) is 5.32 Å². The second kappa shape index (κ2) is 6.19. The van der Waals surface area contributed by atoms with Gasteiger partial charge in [0, 0.05) is 18.7 Å². The standard InChI is InChI=1S/C14H14N2O5/c1-9-13(14(17)18)6-12(21-9)8-15-7-10-2-4-11(5-3-10)16(19)20/h2-6,15H,7-8H2,1H3,(H,17,18). The van der Waals surface area contributed by atoms with Crippen LogP contribution in [-0.2, 0) is 13.1 Å². The van der Waals surface area contributed by atoms with Crippen LogP contribution >= 0.6 is 0 Å². The summed E-state index contributed by atoms with van der Waals surface area (Å²) in [6.45, 7) is 2.48. The van der Waals surface area contributed by atoms with Crippen LogP contribution in [0.1, 0.15) is 27.4 Å². The summed E-state index contributed by atoms with van der Waals surface area (Å²) >= 11 is 0. The first kappa shape index (κ1) is 14.7. The molecule has 0 unspecified atom stereocenters. The molecule has 2 N–H and O–H groups in total. The van der Waals surface area contributed by atoms with E-state index in [1.807, 2.05) is 0 Å². The first-order chi connectivity index (χ1) is 9.97. The van der Waals surface area contributed by atoms with Crippen LogP contribution in [0.3, 0.4) is 0 Å². The Morgan fingerprint density at radius 2 is 2.00 bits per heavy atom. The van der Waals surface area contributed by atoms with E-state index in [9.17, 15) is 14.9 Å². The van der Waals surface area contributed by atoms with Crippen molar-refractivity contribution >= 4 is 11.7 Å². The molecule has 110 valence electrons. The van der Waals surface area contributed by atoms with Gasteiger partial charge in [0.1, 0.15) is 17.1 Å². The van der Waals surface area contributed by atoms with E-state index in [4.69, 9.17) is 9.52 Å². The Labute approximate surface area is 120 Å². The summed E-state index contributed by atoms with van der Waals surface area (Å²) in [7, 11) is 0. The number of nitrogens with zero attached hydrogens (tertiary/aromatic N) is 1. The smallest absolute Gasteiger partial charge is 0.339 e. The third kappa shape index (κ3) is 3.67. The summed E-state index contributed by atoms with van der Waals surface area (Å²) in [5, 5.41) is 22.5. The first-order valence-corrected chi connectivity index (χ1v) is 6.24. The predicted octanol–water partition coefficient (Wildman–Crippen LogP) is 2.48. The van der Waals surface area contributed by atoms with Gasteiger partial charge < -0.3 is 14.8 Å². The van der Waals surface area contributed by atoms with Gasteiger partial charge >= 0.3 is 5.97 Å². The molecule has 21 heavy (non-hydrogen) atoms. The highest BCUT2D eigenvalue weighted by Gasteiger charge is 2.13. The van der Waals surface area contributed by atoms with Gasteiger partial charge in [-0.25, -0.2) is 4.79 Å². The molecule has 0 radical (unpaired) electrons. The molecule has 7 heteroatoms. The number of carbonyl (C=O) groups is 1. The molecule has 0 saturated heterocycles. The van der Waals surface area contributed by atoms with Crippen LogP contribution in [0.4, 0.5) is 5.69 Å². The molecule has 2 aromatic rings. The molecule has 2 rings (SSSR count). The van der Waals surface area contributed by atoms with Crippen molar-refractivity contribution in [3.8, 4) is 0 Å². The van der Waals surface area contributed by atoms with Gasteiger partial charge in [-0.15, -0.1) is 0 Å². The third-order valence-electron chi connectivity index (χ3n) is 2.97. The Kier molecular flexibility index (Phi) is 4.34. The first-order valence-electron chi connectivity index (χ1n) is 6.24. The number of carboxylic acid groups (broad SMARTS) is 1. The summed E-state index contributed by atoms with van der Waals surface area (Å²) in [4.78, 5) is 21.0. The van der Waals surface area contributed by atoms with Crippen LogP contribution < -0.4 is 5.32 Å². The van der Waals surface area contributed by atoms with Crippen molar-refractivity contribution in [2.75, 3.05) is 0 Å². The summed E-state index contributed by atoms with van der Waals surface area (Å²) in [5.41, 5.74) is 1.09. The van der Waals surface area contributed by atoms with Crippen LogP contribution in [0.2, 0.25) is 0 Å². The second-order valence-electron chi connectivity index (χ2n) is 4.51. The number of non-ortho nitro benzene ring substituents is 1. The Bertz CT molecular complexity index is 661. The fraction of sp³-hybridized carbons (Fsp3) is 0.214. The quantitative estimate of drug-likeness (QED) is 0.625. The van der Waals surface area contributed by atoms with Gasteiger partial charge in [0.2, 0.25) is 0 Å². The number of nitrogens with one attached hydrogen (secondary N) is 1. The SMILES string of the molecule is Cc1oc(CNCc2ccc([N+](=O)[O-])cc2)cc1C(=O)O. The lowest BCUT2D eigenvalue weighted by Gasteiger charge is -2.02. The summed E-state index contributed by atoms with van der Waals surface area (Å²) in [5.74, 6) is -0.112. The van der Waals surface area contributed by atoms with Gasteiger partial charge in [-0.2, -0.15) is 0 Å². The normalized spacial score (nSPS) is 10.5. The molecule has 0 atom stereocenters. The maximum absolute atomic E-state index is 10.9. The molecule has 0 fully saturated rings. The van der Waals surface area contributed by atoms with Crippen LogP contribution in [-0.4, -0.2) is 16.0 Å². The minimum absolute atomic E-state index is 0.0477. The van der Waals surface area contributed by atoms with Crippen molar-refractivity contribution in [3.63, 3.8) is 0 Å². The van der Waals surface area contributed by atoms with Gasteiger partial charge in [0.05, 0.1) is 11.5 Å². The number of benzene rings is 1. The molecule has 0 spiro atoms. The molecular weight excluding hydrogens is 276 g/mol. The van der Waals surface area contributed by atoms with Crippen molar-refractivity contribution < 1.29 is 19.2 Å². The third-order valence-corrected chi connectivity index (χ3v) is 2.97. The highest BCUT2D eigenvalue weighted by atomic mass is 16.6. The molecule has 0 aliphatic rings. The topological polar surface area (TPSA) is 106 Å². The molecule has 0 saturated carbocycles. The number of hydrogen-bond acceptors (Lipinski definition) is 5. The Hall–Kier alpha value is -2.67. The number of hydrogen-bond donors (Lipinski definition) is 2. The second-order valence-corrected chi connectivity index (χ2v) is 4.51. The monoisotopic (exact) mass is 290 g/mol. The molecule has 1 heterocycles. The fourth-order valence-electron chi connectivity index (χ4n) is 1.91. The van der Waals surface area contributed by atoms with Crippen molar-refractivity contribution in [2.45, 2.75) is 20.0 Å². The van der Waals surface area contributed by atoms with Gasteiger partial charge in [-0.1, -0.05) is 12.1 Å². The van der Waals surface area contributed by atoms with E-state index in [0.29, 0.717) is 24.6 Å². The van der Waals surface area contributed by atoms with Gasteiger partial charge in [-0.3, -0.25) is 10.1 Å². The fourth-order valence-corrected chi connectivity index (χ4v) is 1.91. The van der Waals surface area contributed by atoms with E-state index in [0.717, 1.165) is 5.56 Å². The Morgan fingerprint density at radius 3 is 2.52 bits per heavy atom. The van der Waals surface area contributed by atoms with Crippen LogP contribution in [0.25, 0.3) is 0 Å². The van der Waals surface area contributed by atoms with Crippen LogP contribution in [0.5, 0.6) is 0 Å². The lowest BCUT2D eigenvalue weighted by atomic mass is 10.2. The molecular formula is C14H14N2O5. The summed E-state index contributed by atoms with van der Waals surface area (Å²) in [6.07, 6.45) is 0. The van der Waals surface area contributed by atoms with E-state index in [1.165, 1.54) is 18.2 Å². The largest absolute Gasteiger partial charge is 0.478 e. The summed E-state index contributed by atoms with van der Waals surface area (Å²) in [6, 6.07) is 7.70. The molecule has 0 amide bonds. The van der Waals surface area contributed by atoms with E-state index < -0.39 is 10.9 Å². The zero-order valence-corrected chi connectivity index (χ0v) is 11.3. The van der Waals surface area contributed by atoms with Gasteiger partial charge in [-0.05, 0) is 18.6 Å². The predicted molar refractivity (Wildman–Crippen MR) is 74.0 cm³/mol. The van der Waals surface area contributed by atoms with E-state index >= 15 is 0 Å². The number of carboxylic acids is 1. The lowest BCUT2D eigenvalue weighted by Crippen LogP contribution is -2.12. The number of furan rings is 1. The number of nitro groups is 1. The zero-order chi connectivity index (χ0) is 15.4. The number of nitro benzene ring substituents is 1. The Balaban J connectivity index is 1.90. The van der Waals surface area contributed by atoms with Gasteiger partial charge in [0.15, 0.2) is 0 Å². The van der Waals surface area contributed by atoms with Gasteiger partial charge in [0.25, 0.3) is 5.69 Å². The van der Waals surface area contributed by atoms with Crippen molar-refractivity contribution in [3.05, 3.63) is 63.1 Å². The van der Waals surface area contributed by atoms with Crippen molar-refractivity contribution in [1.29, 1.82) is 0 Å². The van der Waals surface area contributed by atoms with Crippen molar-refractivity contribution in [2.24, 2.45) is 0 Å². The minimum Gasteiger partial charge on any atom is -0.478 e. The van der Waals surface area contributed by atoms with E-state index in [1.54, 1.807) is 19.1 Å². The molecule has 1 aromatic carbocycles. The van der Waals surface area contributed by atoms with Crippen LogP contribution in [0.15, 0.2) is 34.7 Å². The molecule has 7 nitrogen and oxygen atoms in total. The molecule has 1 aromatic heterocycles. The molecule has 0 aliphatic heterocycles. The minimum atomic E-state index is -1.02. The van der Waals surface area contributed by atoms with Crippen molar-refractivity contribution in [1.82, 2.24) is 5.32 Å². The molecule has 0 aliphatic carbocycles. The van der Waals surface area contributed by atoms with Crippen LogP contribution in [0, 0.1) is 17.0 Å². The number of aromatic carboxylic acids is 1. The number of aryl methyl sites for hydroxylation is 1. The molecule has 0 bridgehead atoms.